The number of halogens is 8. The third kappa shape index (κ3) is 7.77. The Bertz CT molecular complexity index is 921. The molecule has 1 aromatic carbocycles. The lowest BCUT2D eigenvalue weighted by atomic mass is 10.3. The molecule has 31 heavy (non-hydrogen) atoms. The largest absolute Gasteiger partial charge is 0.481 e. The first-order valence-electron chi connectivity index (χ1n) is 8.15. The number of carbonyl (C=O) groups excluding carboxylic acids is 1. The molecule has 0 spiro atoms. The van der Waals surface area contributed by atoms with Gasteiger partial charge in [-0.3, -0.25) is 10.2 Å². The van der Waals surface area contributed by atoms with Crippen LogP contribution in [0.15, 0.2) is 34.8 Å². The molecule has 0 atom stereocenters. The van der Waals surface area contributed by atoms with Gasteiger partial charge in [-0.1, -0.05) is 15.9 Å². The lowest BCUT2D eigenvalue weighted by molar-refractivity contribution is -0.154. The van der Waals surface area contributed by atoms with Gasteiger partial charge in [-0.25, -0.2) is 4.79 Å². The molecule has 0 bridgehead atoms. The number of amides is 2. The second-order valence-electron chi connectivity index (χ2n) is 5.89. The van der Waals surface area contributed by atoms with Crippen LogP contribution in [0.5, 0.6) is 11.6 Å². The number of nitrogens with one attached hydrogen (secondary N) is 1. The predicted molar refractivity (Wildman–Crippen MR) is 98.9 cm³/mol. The number of aromatic nitrogens is 1. The van der Waals surface area contributed by atoms with Crippen molar-refractivity contribution in [1.82, 2.24) is 4.98 Å². The fraction of sp³-hybridized carbons (Fsp3) is 0.294. The Morgan fingerprint density at radius 2 is 1.61 bits per heavy atom. The van der Waals surface area contributed by atoms with E-state index in [1.165, 1.54) is 19.2 Å². The van der Waals surface area contributed by atoms with E-state index in [4.69, 9.17) is 0 Å². The summed E-state index contributed by atoms with van der Waals surface area (Å²) in [4.78, 5) is 16.8. The van der Waals surface area contributed by atoms with Gasteiger partial charge in [0, 0.05) is 23.3 Å². The second kappa shape index (κ2) is 9.58. The molecule has 1 N–H and O–H groups in total. The summed E-state index contributed by atoms with van der Waals surface area (Å²) in [6, 6.07) is 5.69. The van der Waals surface area contributed by atoms with Crippen molar-refractivity contribution in [3.05, 3.63) is 40.6 Å². The average molecular weight is 520 g/mol. The minimum atomic E-state index is -4.85. The Balaban J connectivity index is 2.29. The molecule has 0 aliphatic heterocycles. The number of pyridine rings is 1. The number of carbonyl (C=O) groups is 1. The smallest absolute Gasteiger partial charge is 0.422 e. The van der Waals surface area contributed by atoms with Crippen LogP contribution in [-0.4, -0.2) is 43.6 Å². The van der Waals surface area contributed by atoms with Crippen LogP contribution in [-0.2, 0) is 0 Å². The van der Waals surface area contributed by atoms with Gasteiger partial charge < -0.3 is 9.47 Å². The van der Waals surface area contributed by atoms with E-state index >= 15 is 0 Å². The Labute approximate surface area is 179 Å². The number of alkyl halides is 6. The topological polar surface area (TPSA) is 63.7 Å². The molecule has 2 aromatic rings. The number of hydrogen-bond acceptors (Lipinski definition) is 4. The van der Waals surface area contributed by atoms with Crippen molar-refractivity contribution < 1.29 is 45.0 Å². The van der Waals surface area contributed by atoms with E-state index in [1.54, 1.807) is 12.1 Å². The molecule has 170 valence electrons. The van der Waals surface area contributed by atoms with Gasteiger partial charge in [0.25, 0.3) is 0 Å². The van der Waals surface area contributed by atoms with Gasteiger partial charge in [-0.15, -0.1) is 0 Å². The highest BCUT2D eigenvalue weighted by atomic mass is 79.9. The van der Waals surface area contributed by atoms with Gasteiger partial charge in [0.1, 0.15) is 0 Å². The first-order valence-corrected chi connectivity index (χ1v) is 8.94. The van der Waals surface area contributed by atoms with Crippen LogP contribution < -0.4 is 19.7 Å². The molecular weight excluding hydrogens is 507 g/mol. The molecule has 6 nitrogen and oxygen atoms in total. The van der Waals surface area contributed by atoms with Gasteiger partial charge in [-0.05, 0) is 24.3 Å². The van der Waals surface area contributed by atoms with Crippen molar-refractivity contribution >= 4 is 33.5 Å². The monoisotopic (exact) mass is 519 g/mol. The van der Waals surface area contributed by atoms with Crippen LogP contribution in [0.4, 0.5) is 47.0 Å². The van der Waals surface area contributed by atoms with E-state index in [9.17, 15) is 35.5 Å². The molecule has 0 fully saturated rings. The van der Waals surface area contributed by atoms with Crippen LogP contribution in [0.3, 0.4) is 0 Å². The van der Waals surface area contributed by atoms with Crippen LogP contribution in [0.1, 0.15) is 0 Å². The van der Waals surface area contributed by atoms with Crippen LogP contribution in [0.25, 0.3) is 0 Å². The Morgan fingerprint density at radius 1 is 1.06 bits per heavy atom. The molecule has 0 radical (unpaired) electrons. The van der Waals surface area contributed by atoms with Crippen molar-refractivity contribution in [2.75, 3.05) is 30.5 Å². The zero-order valence-electron chi connectivity index (χ0n) is 15.4. The zero-order chi connectivity index (χ0) is 23.4. The summed E-state index contributed by atoms with van der Waals surface area (Å²) in [5.74, 6) is -4.52. The molecule has 1 heterocycles. The van der Waals surface area contributed by atoms with Crippen molar-refractivity contribution in [1.29, 1.82) is 0 Å². The fourth-order valence-electron chi connectivity index (χ4n) is 2.03. The van der Waals surface area contributed by atoms with Gasteiger partial charge in [-0.2, -0.15) is 35.7 Å². The summed E-state index contributed by atoms with van der Waals surface area (Å²) in [6.07, 6.45) is -9.65. The molecule has 2 amide bonds. The molecule has 14 heteroatoms. The summed E-state index contributed by atoms with van der Waals surface area (Å²) in [5.41, 5.74) is 0.346. The van der Waals surface area contributed by atoms with E-state index in [1.807, 2.05) is 5.32 Å². The maximum atomic E-state index is 14.5. The number of nitrogens with zero attached hydrogens (tertiary/aromatic N) is 2. The molecular formula is C17H13BrF7N3O3. The SMILES string of the molecule is CN(C(=O)Nc1nc(OCC(F)(F)F)cc(OCC(F)(F)F)c1F)c1ccc(Br)cc1. The number of urea groups is 1. The molecule has 2 rings (SSSR count). The molecule has 0 saturated carbocycles. The van der Waals surface area contributed by atoms with Crippen molar-refractivity contribution in [3.8, 4) is 11.6 Å². The van der Waals surface area contributed by atoms with Gasteiger partial charge in [0.05, 0.1) is 0 Å². The summed E-state index contributed by atoms with van der Waals surface area (Å²) >= 11 is 3.20. The van der Waals surface area contributed by atoms with Crippen molar-refractivity contribution in [2.45, 2.75) is 12.4 Å². The van der Waals surface area contributed by atoms with E-state index in [2.05, 4.69) is 30.4 Å². The van der Waals surface area contributed by atoms with E-state index in [-0.39, 0.29) is 0 Å². The van der Waals surface area contributed by atoms with Gasteiger partial charge in [0.15, 0.2) is 24.8 Å². The van der Waals surface area contributed by atoms with Crippen LogP contribution in [0.2, 0.25) is 0 Å². The maximum absolute atomic E-state index is 14.5. The Hall–Kier alpha value is -2.77. The first kappa shape index (κ1) is 24.5. The molecule has 1 aromatic heterocycles. The second-order valence-corrected chi connectivity index (χ2v) is 6.81. The molecule has 0 unspecified atom stereocenters. The third-order valence-electron chi connectivity index (χ3n) is 3.42. The number of rotatable bonds is 6. The maximum Gasteiger partial charge on any atom is 0.422 e. The van der Waals surface area contributed by atoms with Crippen LogP contribution >= 0.6 is 15.9 Å². The molecule has 0 aliphatic rings. The lowest BCUT2D eigenvalue weighted by Crippen LogP contribution is -2.32. The third-order valence-corrected chi connectivity index (χ3v) is 3.95. The van der Waals surface area contributed by atoms with E-state index in [0.29, 0.717) is 16.2 Å². The minimum absolute atomic E-state index is 0.346. The lowest BCUT2D eigenvalue weighted by Gasteiger charge is -2.19. The molecule has 0 saturated heterocycles. The van der Waals surface area contributed by atoms with E-state index < -0.39 is 54.9 Å². The summed E-state index contributed by atoms with van der Waals surface area (Å²) < 4.78 is 98.1. The average Bonchev–Trinajstić information content (AvgIpc) is 2.66. The Kier molecular flexibility index (Phi) is 7.57. The summed E-state index contributed by atoms with van der Waals surface area (Å²) in [5, 5.41) is 1.96. The quantitative estimate of drug-likeness (QED) is 0.509. The number of hydrogen-bond donors (Lipinski definition) is 1. The van der Waals surface area contributed by atoms with Crippen LogP contribution in [0, 0.1) is 5.82 Å². The van der Waals surface area contributed by atoms with Crippen molar-refractivity contribution in [2.24, 2.45) is 0 Å². The van der Waals surface area contributed by atoms with E-state index in [0.717, 1.165) is 4.90 Å². The fourth-order valence-corrected chi connectivity index (χ4v) is 2.29. The van der Waals surface area contributed by atoms with Gasteiger partial charge >= 0.3 is 18.4 Å². The summed E-state index contributed by atoms with van der Waals surface area (Å²) in [7, 11) is 1.29. The zero-order valence-corrected chi connectivity index (χ0v) is 17.0. The minimum Gasteiger partial charge on any atom is -0.481 e. The number of benzene rings is 1. The van der Waals surface area contributed by atoms with Gasteiger partial charge in [0.2, 0.25) is 11.7 Å². The summed E-state index contributed by atoms with van der Waals surface area (Å²) in [6.45, 7) is -3.78. The van der Waals surface area contributed by atoms with Crippen molar-refractivity contribution in [3.63, 3.8) is 0 Å². The predicted octanol–water partition coefficient (Wildman–Crippen LogP) is 5.53. The highest BCUT2D eigenvalue weighted by Gasteiger charge is 2.31. The highest BCUT2D eigenvalue weighted by Crippen LogP contribution is 2.31. The standard InChI is InChI=1S/C17H13BrF7N3O3/c1-28(10-4-2-9(18)3-5-10)15(29)27-14-13(19)11(30-7-16(20,21)22)6-12(26-14)31-8-17(23,24)25/h2-6H,7-8H2,1H3,(H,26,27,29). The first-order chi connectivity index (χ1) is 14.2. The normalized spacial score (nSPS) is 11.8. The Morgan fingerprint density at radius 3 is 2.16 bits per heavy atom. The number of anilines is 2. The highest BCUT2D eigenvalue weighted by molar-refractivity contribution is 9.10. The number of ether oxygens (including phenoxy) is 2. The molecule has 0 aliphatic carbocycles.